The van der Waals surface area contributed by atoms with Crippen molar-refractivity contribution in [2.45, 2.75) is 71.1 Å². The van der Waals surface area contributed by atoms with Gasteiger partial charge in [-0.1, -0.05) is 6.92 Å². The molecule has 0 saturated carbocycles. The molecule has 0 radical (unpaired) electrons. The average Bonchev–Trinajstić information content (AvgIpc) is 2.47. The second kappa shape index (κ2) is 8.71. The first-order valence-electron chi connectivity index (χ1n) is 8.27. The minimum Gasteiger partial charge on any atom is -0.378 e. The molecular formula is C16H33N3O2. The molecule has 5 nitrogen and oxygen atoms in total. The van der Waals surface area contributed by atoms with Crippen molar-refractivity contribution in [2.24, 2.45) is 5.73 Å². The smallest absolute Gasteiger partial charge is 0.237 e. The Morgan fingerprint density at radius 1 is 1.43 bits per heavy atom. The first kappa shape index (κ1) is 18.4. The molecule has 1 fully saturated rings. The number of nitrogens with zero attached hydrogens (tertiary/aromatic N) is 1. The van der Waals surface area contributed by atoms with Crippen LogP contribution in [-0.2, 0) is 9.53 Å². The number of carbonyl (C=O) groups is 1. The zero-order chi connectivity index (χ0) is 15.9. The van der Waals surface area contributed by atoms with Crippen molar-refractivity contribution >= 4 is 5.91 Å². The minimum absolute atomic E-state index is 0.0687. The van der Waals surface area contributed by atoms with Crippen LogP contribution in [0.5, 0.6) is 0 Å². The standard InChI is InChI=1S/C16H33N3O2/c1-5-16(3,4)18-15(20)13(2)19-10-7-14(8-11-19)21-12-6-9-17/h13-14H,5-12,17H2,1-4H3,(H,18,20). The summed E-state index contributed by atoms with van der Waals surface area (Å²) in [4.78, 5) is 14.6. The van der Waals surface area contributed by atoms with Crippen LogP contribution in [0.4, 0.5) is 0 Å². The number of nitrogens with one attached hydrogen (secondary N) is 1. The summed E-state index contributed by atoms with van der Waals surface area (Å²) in [6.07, 6.45) is 4.18. The molecule has 0 spiro atoms. The maximum atomic E-state index is 12.3. The Bertz CT molecular complexity index is 313. The first-order chi connectivity index (χ1) is 9.89. The molecule has 1 aliphatic rings. The van der Waals surface area contributed by atoms with Gasteiger partial charge in [-0.25, -0.2) is 0 Å². The number of ether oxygens (including phenoxy) is 1. The lowest BCUT2D eigenvalue weighted by atomic mass is 10.0. The van der Waals surface area contributed by atoms with E-state index in [1.807, 2.05) is 6.92 Å². The van der Waals surface area contributed by atoms with Gasteiger partial charge in [0.1, 0.15) is 0 Å². The van der Waals surface area contributed by atoms with Gasteiger partial charge < -0.3 is 15.8 Å². The number of carbonyl (C=O) groups excluding carboxylic acids is 1. The molecule has 1 unspecified atom stereocenters. The van der Waals surface area contributed by atoms with Crippen molar-refractivity contribution in [1.29, 1.82) is 0 Å². The highest BCUT2D eigenvalue weighted by atomic mass is 16.5. The molecule has 0 aromatic rings. The van der Waals surface area contributed by atoms with Crippen molar-refractivity contribution in [1.82, 2.24) is 10.2 Å². The van der Waals surface area contributed by atoms with Crippen LogP contribution in [0.2, 0.25) is 0 Å². The van der Waals surface area contributed by atoms with Crippen molar-refractivity contribution < 1.29 is 9.53 Å². The largest absolute Gasteiger partial charge is 0.378 e. The normalized spacial score (nSPS) is 19.5. The van der Waals surface area contributed by atoms with Crippen LogP contribution in [0, 0.1) is 0 Å². The SMILES string of the molecule is CCC(C)(C)NC(=O)C(C)N1CCC(OCCCN)CC1. The Labute approximate surface area is 129 Å². The number of piperidine rings is 1. The highest BCUT2D eigenvalue weighted by molar-refractivity contribution is 5.82. The zero-order valence-corrected chi connectivity index (χ0v) is 14.2. The summed E-state index contributed by atoms with van der Waals surface area (Å²) in [6.45, 7) is 11.5. The Hall–Kier alpha value is -0.650. The van der Waals surface area contributed by atoms with Crippen molar-refractivity contribution in [3.8, 4) is 0 Å². The van der Waals surface area contributed by atoms with E-state index in [4.69, 9.17) is 10.5 Å². The highest BCUT2D eigenvalue weighted by Gasteiger charge is 2.29. The lowest BCUT2D eigenvalue weighted by Gasteiger charge is -2.36. The Kier molecular flexibility index (Phi) is 7.63. The topological polar surface area (TPSA) is 67.6 Å². The highest BCUT2D eigenvalue weighted by Crippen LogP contribution is 2.17. The summed E-state index contributed by atoms with van der Waals surface area (Å²) in [5.74, 6) is 0.129. The molecule has 1 rings (SSSR count). The van der Waals surface area contributed by atoms with Crippen molar-refractivity contribution in [2.75, 3.05) is 26.2 Å². The summed E-state index contributed by atoms with van der Waals surface area (Å²) >= 11 is 0. The molecule has 1 heterocycles. The Morgan fingerprint density at radius 3 is 2.57 bits per heavy atom. The number of hydrogen-bond donors (Lipinski definition) is 2. The van der Waals surface area contributed by atoms with E-state index in [1.165, 1.54) is 0 Å². The summed E-state index contributed by atoms with van der Waals surface area (Å²) in [5.41, 5.74) is 5.34. The molecule has 21 heavy (non-hydrogen) atoms. The van der Waals surface area contributed by atoms with E-state index in [2.05, 4.69) is 31.0 Å². The van der Waals surface area contributed by atoms with E-state index in [9.17, 15) is 4.79 Å². The van der Waals surface area contributed by atoms with Crippen LogP contribution < -0.4 is 11.1 Å². The molecule has 0 bridgehead atoms. The van der Waals surface area contributed by atoms with Gasteiger partial charge in [0.15, 0.2) is 0 Å². The summed E-state index contributed by atoms with van der Waals surface area (Å²) in [5, 5.41) is 3.13. The van der Waals surface area contributed by atoms with Gasteiger partial charge in [0.05, 0.1) is 12.1 Å². The fourth-order valence-corrected chi connectivity index (χ4v) is 2.46. The van der Waals surface area contributed by atoms with E-state index in [1.54, 1.807) is 0 Å². The van der Waals surface area contributed by atoms with E-state index in [-0.39, 0.29) is 17.5 Å². The number of rotatable bonds is 8. The molecule has 3 N–H and O–H groups in total. The second-order valence-electron chi connectivity index (χ2n) is 6.65. The monoisotopic (exact) mass is 299 g/mol. The molecule has 0 aliphatic carbocycles. The summed E-state index contributed by atoms with van der Waals surface area (Å²) < 4.78 is 5.80. The molecule has 1 saturated heterocycles. The molecule has 124 valence electrons. The van der Waals surface area contributed by atoms with Gasteiger partial charge in [-0.05, 0) is 53.0 Å². The third-order valence-corrected chi connectivity index (χ3v) is 4.45. The van der Waals surface area contributed by atoms with Crippen LogP contribution in [0.1, 0.15) is 53.4 Å². The predicted octanol–water partition coefficient (Wildman–Crippen LogP) is 1.51. The minimum atomic E-state index is -0.130. The van der Waals surface area contributed by atoms with E-state index < -0.39 is 0 Å². The van der Waals surface area contributed by atoms with Gasteiger partial charge in [-0.15, -0.1) is 0 Å². The maximum Gasteiger partial charge on any atom is 0.237 e. The molecule has 0 aromatic carbocycles. The van der Waals surface area contributed by atoms with Gasteiger partial charge in [-0.2, -0.15) is 0 Å². The molecule has 0 aromatic heterocycles. The molecular weight excluding hydrogens is 266 g/mol. The van der Waals surface area contributed by atoms with E-state index >= 15 is 0 Å². The van der Waals surface area contributed by atoms with E-state index in [0.717, 1.165) is 45.4 Å². The van der Waals surface area contributed by atoms with Crippen LogP contribution in [-0.4, -0.2) is 54.7 Å². The van der Waals surface area contributed by atoms with Crippen molar-refractivity contribution in [3.63, 3.8) is 0 Å². The van der Waals surface area contributed by atoms with Crippen LogP contribution >= 0.6 is 0 Å². The molecule has 5 heteroatoms. The number of nitrogens with two attached hydrogens (primary N) is 1. The fraction of sp³-hybridized carbons (Fsp3) is 0.938. The van der Waals surface area contributed by atoms with Crippen LogP contribution in [0.15, 0.2) is 0 Å². The second-order valence-corrected chi connectivity index (χ2v) is 6.65. The van der Waals surface area contributed by atoms with Crippen molar-refractivity contribution in [3.05, 3.63) is 0 Å². The first-order valence-corrected chi connectivity index (χ1v) is 8.27. The lowest BCUT2D eigenvalue weighted by Crippen LogP contribution is -2.53. The predicted molar refractivity (Wildman–Crippen MR) is 86.2 cm³/mol. The lowest BCUT2D eigenvalue weighted by molar-refractivity contribution is -0.128. The van der Waals surface area contributed by atoms with Crippen LogP contribution in [0.25, 0.3) is 0 Å². The zero-order valence-electron chi connectivity index (χ0n) is 14.2. The summed E-state index contributed by atoms with van der Waals surface area (Å²) in [6, 6.07) is -0.0687. The summed E-state index contributed by atoms with van der Waals surface area (Å²) in [7, 11) is 0. The van der Waals surface area contributed by atoms with Gasteiger partial charge in [-0.3, -0.25) is 9.69 Å². The van der Waals surface area contributed by atoms with Gasteiger partial charge >= 0.3 is 0 Å². The van der Waals surface area contributed by atoms with E-state index in [0.29, 0.717) is 12.6 Å². The molecule has 1 atom stereocenters. The van der Waals surface area contributed by atoms with Gasteiger partial charge in [0, 0.05) is 25.2 Å². The van der Waals surface area contributed by atoms with Gasteiger partial charge in [0.25, 0.3) is 0 Å². The van der Waals surface area contributed by atoms with Crippen LogP contribution in [0.3, 0.4) is 0 Å². The molecule has 1 aliphatic heterocycles. The fourth-order valence-electron chi connectivity index (χ4n) is 2.46. The average molecular weight is 299 g/mol. The quantitative estimate of drug-likeness (QED) is 0.667. The third kappa shape index (κ3) is 6.32. The number of hydrogen-bond acceptors (Lipinski definition) is 4. The third-order valence-electron chi connectivity index (χ3n) is 4.45. The Balaban J connectivity index is 2.34. The number of amides is 1. The Morgan fingerprint density at radius 2 is 2.05 bits per heavy atom. The number of likely N-dealkylation sites (tertiary alicyclic amines) is 1. The van der Waals surface area contributed by atoms with Gasteiger partial charge in [0.2, 0.25) is 5.91 Å². The maximum absolute atomic E-state index is 12.3. The molecule has 1 amide bonds.